The first-order chi connectivity index (χ1) is 14.9. The minimum Gasteiger partial charge on any atom is -0.477 e. The summed E-state index contributed by atoms with van der Waals surface area (Å²) in [4.78, 5) is 30.8. The average Bonchev–Trinajstić information content (AvgIpc) is 3.08. The van der Waals surface area contributed by atoms with Crippen LogP contribution in [0.5, 0.6) is 0 Å². The van der Waals surface area contributed by atoms with Gasteiger partial charge in [0, 0.05) is 22.8 Å². The van der Waals surface area contributed by atoms with E-state index in [9.17, 15) is 14.7 Å². The van der Waals surface area contributed by atoms with Crippen LogP contribution in [0, 0.1) is 12.8 Å². The molecule has 0 unspecified atom stereocenters. The highest BCUT2D eigenvalue weighted by atomic mass is 16.5. The van der Waals surface area contributed by atoms with Gasteiger partial charge in [-0.2, -0.15) is 0 Å². The summed E-state index contributed by atoms with van der Waals surface area (Å²) >= 11 is 0. The molecule has 158 valence electrons. The van der Waals surface area contributed by atoms with Crippen LogP contribution in [0.3, 0.4) is 0 Å². The molecule has 1 fully saturated rings. The molecule has 8 heteroatoms. The SMILES string of the molecule is CCc1nccc(-c2ccc3c(c2)cc(C(=O)O)n3[C@@]2(c3noc(=O)[nH]3)C[C@H]2C)c1C. The third kappa shape index (κ3) is 2.74. The fourth-order valence-corrected chi connectivity index (χ4v) is 4.79. The van der Waals surface area contributed by atoms with Gasteiger partial charge in [0.1, 0.15) is 11.2 Å². The molecular weight excluding hydrogens is 396 g/mol. The summed E-state index contributed by atoms with van der Waals surface area (Å²) < 4.78 is 6.52. The third-order valence-electron chi connectivity index (χ3n) is 6.50. The number of carboxylic acid groups (broad SMARTS) is 1. The Balaban J connectivity index is 1.73. The Labute approximate surface area is 177 Å². The number of aryl methyl sites for hydroxylation is 1. The molecule has 0 saturated heterocycles. The molecule has 0 spiro atoms. The first-order valence-electron chi connectivity index (χ1n) is 10.3. The van der Waals surface area contributed by atoms with Crippen LogP contribution in [0.25, 0.3) is 22.0 Å². The zero-order chi connectivity index (χ0) is 21.9. The highest BCUT2D eigenvalue weighted by Crippen LogP contribution is 2.55. The number of nitrogens with zero attached hydrogens (tertiary/aromatic N) is 3. The van der Waals surface area contributed by atoms with Crippen LogP contribution in [-0.4, -0.2) is 30.8 Å². The van der Waals surface area contributed by atoms with Crippen molar-refractivity contribution in [1.29, 1.82) is 0 Å². The van der Waals surface area contributed by atoms with Crippen molar-refractivity contribution in [3.63, 3.8) is 0 Å². The van der Waals surface area contributed by atoms with Crippen molar-refractivity contribution in [1.82, 2.24) is 19.7 Å². The molecule has 31 heavy (non-hydrogen) atoms. The molecule has 0 amide bonds. The lowest BCUT2D eigenvalue weighted by Crippen LogP contribution is -2.26. The Morgan fingerprint density at radius 1 is 1.35 bits per heavy atom. The summed E-state index contributed by atoms with van der Waals surface area (Å²) in [5, 5.41) is 14.7. The highest BCUT2D eigenvalue weighted by molar-refractivity contribution is 5.97. The summed E-state index contributed by atoms with van der Waals surface area (Å²) in [7, 11) is 0. The van der Waals surface area contributed by atoms with E-state index < -0.39 is 17.3 Å². The molecule has 1 aliphatic carbocycles. The standard InChI is InChI=1S/C23H22N4O4/c1-4-17-13(3)16(7-8-24-17)14-5-6-18-15(9-14)10-19(20(28)29)27(18)23(11-12(23)2)21-25-22(30)31-26-21/h5-10,12H,4,11H2,1-3H3,(H,28,29)(H,25,26,30)/t12-,23+/m1/s1. The van der Waals surface area contributed by atoms with Gasteiger partial charge in [-0.15, -0.1) is 0 Å². The molecule has 4 aromatic rings. The topological polar surface area (TPSA) is 114 Å². The summed E-state index contributed by atoms with van der Waals surface area (Å²) in [5.74, 6) is -1.23. The molecule has 3 heterocycles. The summed E-state index contributed by atoms with van der Waals surface area (Å²) in [6.07, 6.45) is 3.31. The van der Waals surface area contributed by atoms with Crippen molar-refractivity contribution in [2.24, 2.45) is 5.92 Å². The number of carbonyl (C=O) groups is 1. The van der Waals surface area contributed by atoms with Gasteiger partial charge in [-0.1, -0.05) is 25.1 Å². The largest absolute Gasteiger partial charge is 0.477 e. The lowest BCUT2D eigenvalue weighted by molar-refractivity contribution is 0.0682. The molecule has 5 rings (SSSR count). The predicted molar refractivity (Wildman–Crippen MR) is 114 cm³/mol. The van der Waals surface area contributed by atoms with Crippen molar-refractivity contribution in [3.05, 3.63) is 69.9 Å². The van der Waals surface area contributed by atoms with E-state index in [0.29, 0.717) is 12.2 Å². The number of aromatic amines is 1. The predicted octanol–water partition coefficient (Wildman–Crippen LogP) is 3.73. The molecule has 0 bridgehead atoms. The van der Waals surface area contributed by atoms with Crippen LogP contribution in [0.4, 0.5) is 0 Å². The number of pyridine rings is 1. The van der Waals surface area contributed by atoms with Gasteiger partial charge in [-0.25, -0.2) is 9.59 Å². The lowest BCUT2D eigenvalue weighted by atomic mass is 9.98. The average molecular weight is 418 g/mol. The number of nitrogens with one attached hydrogen (secondary N) is 1. The fourth-order valence-electron chi connectivity index (χ4n) is 4.79. The highest BCUT2D eigenvalue weighted by Gasteiger charge is 2.59. The van der Waals surface area contributed by atoms with E-state index in [1.807, 2.05) is 31.2 Å². The Hall–Kier alpha value is -3.68. The van der Waals surface area contributed by atoms with Gasteiger partial charge in [0.15, 0.2) is 5.82 Å². The first kappa shape index (κ1) is 19.3. The van der Waals surface area contributed by atoms with Gasteiger partial charge in [0.05, 0.1) is 0 Å². The maximum atomic E-state index is 12.2. The van der Waals surface area contributed by atoms with E-state index in [1.165, 1.54) is 0 Å². The molecule has 1 aromatic carbocycles. The number of aromatic nitrogens is 4. The smallest absolute Gasteiger partial charge is 0.438 e. The number of aromatic carboxylic acids is 1. The number of carboxylic acids is 1. The van der Waals surface area contributed by atoms with Crippen LogP contribution in [-0.2, 0) is 12.0 Å². The van der Waals surface area contributed by atoms with Gasteiger partial charge in [0.2, 0.25) is 0 Å². The molecule has 0 radical (unpaired) electrons. The van der Waals surface area contributed by atoms with E-state index in [1.54, 1.807) is 16.8 Å². The normalized spacial score (nSPS) is 20.3. The van der Waals surface area contributed by atoms with Crippen molar-refractivity contribution in [3.8, 4) is 11.1 Å². The first-order valence-corrected chi connectivity index (χ1v) is 10.3. The van der Waals surface area contributed by atoms with Gasteiger partial charge in [0.25, 0.3) is 0 Å². The number of fused-ring (bicyclic) bond motifs is 1. The second-order valence-corrected chi connectivity index (χ2v) is 8.20. The van der Waals surface area contributed by atoms with Crippen molar-refractivity contribution in [2.45, 2.75) is 39.2 Å². The minimum atomic E-state index is -1.03. The van der Waals surface area contributed by atoms with E-state index in [2.05, 4.69) is 29.0 Å². The van der Waals surface area contributed by atoms with Gasteiger partial charge >= 0.3 is 11.7 Å². The molecule has 8 nitrogen and oxygen atoms in total. The zero-order valence-electron chi connectivity index (χ0n) is 17.5. The van der Waals surface area contributed by atoms with E-state index in [0.717, 1.165) is 39.7 Å². The zero-order valence-corrected chi connectivity index (χ0v) is 17.5. The summed E-state index contributed by atoms with van der Waals surface area (Å²) in [6.45, 7) is 6.14. The van der Waals surface area contributed by atoms with E-state index in [4.69, 9.17) is 4.52 Å². The van der Waals surface area contributed by atoms with Crippen molar-refractivity contribution in [2.75, 3.05) is 0 Å². The van der Waals surface area contributed by atoms with Crippen LogP contribution in [0.1, 0.15) is 47.8 Å². The monoisotopic (exact) mass is 418 g/mol. The second-order valence-electron chi connectivity index (χ2n) is 8.20. The molecule has 3 aromatic heterocycles. The van der Waals surface area contributed by atoms with Crippen LogP contribution >= 0.6 is 0 Å². The molecular formula is C23H22N4O4. The minimum absolute atomic E-state index is 0.0937. The maximum absolute atomic E-state index is 12.2. The van der Waals surface area contributed by atoms with Crippen molar-refractivity contribution >= 4 is 16.9 Å². The maximum Gasteiger partial charge on any atom is 0.438 e. The van der Waals surface area contributed by atoms with Gasteiger partial charge in [-0.05, 0) is 66.6 Å². The Morgan fingerprint density at radius 2 is 2.13 bits per heavy atom. The van der Waals surface area contributed by atoms with Crippen LogP contribution in [0.2, 0.25) is 0 Å². The van der Waals surface area contributed by atoms with Crippen LogP contribution in [0.15, 0.2) is 45.8 Å². The quantitative estimate of drug-likeness (QED) is 0.510. The number of hydrogen-bond acceptors (Lipinski definition) is 5. The lowest BCUT2D eigenvalue weighted by Gasteiger charge is -2.19. The van der Waals surface area contributed by atoms with Crippen molar-refractivity contribution < 1.29 is 14.4 Å². The number of benzene rings is 1. The number of H-pyrrole nitrogens is 1. The van der Waals surface area contributed by atoms with Crippen LogP contribution < -0.4 is 5.76 Å². The Kier molecular flexibility index (Phi) is 4.15. The fraction of sp³-hybridized carbons (Fsp3) is 0.304. The number of hydrogen-bond donors (Lipinski definition) is 2. The molecule has 2 atom stereocenters. The summed E-state index contributed by atoms with van der Waals surface area (Å²) in [6, 6.07) is 9.61. The van der Waals surface area contributed by atoms with Gasteiger partial charge in [-0.3, -0.25) is 14.5 Å². The van der Waals surface area contributed by atoms with E-state index >= 15 is 0 Å². The molecule has 1 saturated carbocycles. The second kappa shape index (κ2) is 6.66. The molecule has 0 aliphatic heterocycles. The molecule has 1 aliphatic rings. The van der Waals surface area contributed by atoms with E-state index in [-0.39, 0.29) is 11.6 Å². The third-order valence-corrected chi connectivity index (χ3v) is 6.50. The molecule has 2 N–H and O–H groups in total. The van der Waals surface area contributed by atoms with Gasteiger partial charge < -0.3 is 9.67 Å². The Bertz CT molecular complexity index is 1400. The number of rotatable bonds is 5. The Morgan fingerprint density at radius 3 is 2.74 bits per heavy atom. The summed E-state index contributed by atoms with van der Waals surface area (Å²) in [5.41, 5.74) is 4.43.